The monoisotopic (exact) mass is 247 g/mol. The van der Waals surface area contributed by atoms with Crippen LogP contribution >= 0.6 is 0 Å². The molecule has 1 amide bonds. The van der Waals surface area contributed by atoms with Gasteiger partial charge in [-0.3, -0.25) is 9.59 Å². The largest absolute Gasteiger partial charge is 0.452 e. The van der Waals surface area contributed by atoms with Crippen molar-refractivity contribution in [1.29, 1.82) is 0 Å². The van der Waals surface area contributed by atoms with E-state index in [1.807, 2.05) is 30.3 Å². The average molecular weight is 247 g/mol. The summed E-state index contributed by atoms with van der Waals surface area (Å²) in [6, 6.07) is 9.43. The van der Waals surface area contributed by atoms with Crippen molar-refractivity contribution in [3.63, 3.8) is 0 Å². The lowest BCUT2D eigenvalue weighted by Gasteiger charge is -2.23. The van der Waals surface area contributed by atoms with E-state index in [9.17, 15) is 9.59 Å². The standard InChI is InChI=1S/C14H17NO3/c1-10(11-6-3-2-4-7-11)14(17)18-12-8-5-9-15-13(12)16/h2-4,6-7,10,12H,5,8-9H2,1H3,(H,15,16). The zero-order valence-corrected chi connectivity index (χ0v) is 10.4. The third-order valence-electron chi connectivity index (χ3n) is 3.15. The zero-order valence-electron chi connectivity index (χ0n) is 10.4. The highest BCUT2D eigenvalue weighted by atomic mass is 16.5. The number of carbonyl (C=O) groups excluding carboxylic acids is 2. The predicted octanol–water partition coefficient (Wildman–Crippen LogP) is 1.61. The van der Waals surface area contributed by atoms with E-state index in [0.29, 0.717) is 13.0 Å². The molecule has 0 aliphatic carbocycles. The van der Waals surface area contributed by atoms with Gasteiger partial charge in [0, 0.05) is 6.54 Å². The first-order chi connectivity index (χ1) is 8.68. The minimum atomic E-state index is -0.627. The molecular formula is C14H17NO3. The van der Waals surface area contributed by atoms with Crippen molar-refractivity contribution in [2.45, 2.75) is 31.8 Å². The van der Waals surface area contributed by atoms with Crippen molar-refractivity contribution in [3.8, 4) is 0 Å². The van der Waals surface area contributed by atoms with Crippen LogP contribution in [0.4, 0.5) is 0 Å². The van der Waals surface area contributed by atoms with Crippen molar-refractivity contribution in [1.82, 2.24) is 5.32 Å². The molecule has 1 saturated heterocycles. The number of nitrogens with one attached hydrogen (secondary N) is 1. The van der Waals surface area contributed by atoms with Gasteiger partial charge >= 0.3 is 5.97 Å². The number of ether oxygens (including phenoxy) is 1. The van der Waals surface area contributed by atoms with Gasteiger partial charge in [0.05, 0.1) is 5.92 Å². The van der Waals surface area contributed by atoms with Crippen LogP contribution in [0.1, 0.15) is 31.2 Å². The summed E-state index contributed by atoms with van der Waals surface area (Å²) in [5.74, 6) is -0.876. The second-order valence-electron chi connectivity index (χ2n) is 4.49. The van der Waals surface area contributed by atoms with Gasteiger partial charge in [-0.05, 0) is 25.3 Å². The normalized spacial score (nSPS) is 20.9. The van der Waals surface area contributed by atoms with Gasteiger partial charge < -0.3 is 10.1 Å². The fourth-order valence-electron chi connectivity index (χ4n) is 1.98. The van der Waals surface area contributed by atoms with Gasteiger partial charge in [-0.15, -0.1) is 0 Å². The third kappa shape index (κ3) is 2.88. The number of hydrogen-bond acceptors (Lipinski definition) is 3. The Morgan fingerprint density at radius 1 is 1.39 bits per heavy atom. The summed E-state index contributed by atoms with van der Waals surface area (Å²) >= 11 is 0. The quantitative estimate of drug-likeness (QED) is 0.826. The van der Waals surface area contributed by atoms with E-state index in [1.165, 1.54) is 0 Å². The Bertz CT molecular complexity index is 430. The van der Waals surface area contributed by atoms with Crippen molar-refractivity contribution in [2.24, 2.45) is 0 Å². The molecule has 1 aromatic carbocycles. The predicted molar refractivity (Wildman–Crippen MR) is 67.0 cm³/mol. The number of hydrogen-bond donors (Lipinski definition) is 1. The molecule has 96 valence electrons. The van der Waals surface area contributed by atoms with E-state index < -0.39 is 6.10 Å². The zero-order chi connectivity index (χ0) is 13.0. The van der Waals surface area contributed by atoms with Gasteiger partial charge in [0.1, 0.15) is 0 Å². The first-order valence-corrected chi connectivity index (χ1v) is 6.21. The molecule has 1 N–H and O–H groups in total. The number of rotatable bonds is 3. The smallest absolute Gasteiger partial charge is 0.313 e. The minimum Gasteiger partial charge on any atom is -0.452 e. The summed E-state index contributed by atoms with van der Waals surface area (Å²) in [7, 11) is 0. The Kier molecular flexibility index (Phi) is 3.97. The number of piperidine rings is 1. The molecule has 1 aromatic rings. The molecule has 1 aliphatic heterocycles. The Balaban J connectivity index is 1.97. The summed E-state index contributed by atoms with van der Waals surface area (Å²) in [6.45, 7) is 2.46. The lowest BCUT2D eigenvalue weighted by atomic mass is 10.0. The lowest BCUT2D eigenvalue weighted by Crippen LogP contribution is -2.43. The highest BCUT2D eigenvalue weighted by Crippen LogP contribution is 2.18. The third-order valence-corrected chi connectivity index (χ3v) is 3.15. The van der Waals surface area contributed by atoms with E-state index in [-0.39, 0.29) is 17.8 Å². The van der Waals surface area contributed by atoms with Crippen LogP contribution in [-0.2, 0) is 14.3 Å². The van der Waals surface area contributed by atoms with Crippen LogP contribution in [-0.4, -0.2) is 24.5 Å². The summed E-state index contributed by atoms with van der Waals surface area (Å²) in [5, 5.41) is 2.70. The van der Waals surface area contributed by atoms with Crippen molar-refractivity contribution < 1.29 is 14.3 Å². The molecule has 1 fully saturated rings. The van der Waals surface area contributed by atoms with E-state index in [4.69, 9.17) is 4.74 Å². The van der Waals surface area contributed by atoms with Gasteiger partial charge in [0.15, 0.2) is 6.10 Å². The van der Waals surface area contributed by atoms with Gasteiger partial charge in [-0.2, -0.15) is 0 Å². The molecule has 1 aliphatic rings. The molecular weight excluding hydrogens is 230 g/mol. The summed E-state index contributed by atoms with van der Waals surface area (Å²) in [5.41, 5.74) is 0.902. The molecule has 2 atom stereocenters. The van der Waals surface area contributed by atoms with E-state index in [1.54, 1.807) is 6.92 Å². The van der Waals surface area contributed by atoms with Crippen molar-refractivity contribution in [2.75, 3.05) is 6.54 Å². The lowest BCUT2D eigenvalue weighted by molar-refractivity contribution is -0.158. The molecule has 0 radical (unpaired) electrons. The molecule has 0 saturated carbocycles. The highest BCUT2D eigenvalue weighted by Gasteiger charge is 2.28. The molecule has 2 rings (SSSR count). The number of esters is 1. The van der Waals surface area contributed by atoms with Crippen LogP contribution in [0.15, 0.2) is 30.3 Å². The number of amides is 1. The Hall–Kier alpha value is -1.84. The first kappa shape index (κ1) is 12.6. The second-order valence-corrected chi connectivity index (χ2v) is 4.49. The van der Waals surface area contributed by atoms with Gasteiger partial charge in [-0.1, -0.05) is 30.3 Å². The van der Waals surface area contributed by atoms with Crippen LogP contribution in [0.2, 0.25) is 0 Å². The maximum absolute atomic E-state index is 12.0. The van der Waals surface area contributed by atoms with Crippen LogP contribution in [0.3, 0.4) is 0 Å². The average Bonchev–Trinajstić information content (AvgIpc) is 2.41. The summed E-state index contributed by atoms with van der Waals surface area (Å²) < 4.78 is 5.27. The van der Waals surface area contributed by atoms with E-state index in [0.717, 1.165) is 12.0 Å². The van der Waals surface area contributed by atoms with Crippen LogP contribution in [0.5, 0.6) is 0 Å². The fourth-order valence-corrected chi connectivity index (χ4v) is 1.98. The maximum Gasteiger partial charge on any atom is 0.313 e. The van der Waals surface area contributed by atoms with Crippen LogP contribution in [0.25, 0.3) is 0 Å². The molecule has 18 heavy (non-hydrogen) atoms. The molecule has 0 spiro atoms. The van der Waals surface area contributed by atoms with E-state index >= 15 is 0 Å². The van der Waals surface area contributed by atoms with Crippen LogP contribution < -0.4 is 5.32 Å². The Morgan fingerprint density at radius 2 is 2.11 bits per heavy atom. The maximum atomic E-state index is 12.0. The first-order valence-electron chi connectivity index (χ1n) is 6.21. The Labute approximate surface area is 106 Å². The molecule has 0 aromatic heterocycles. The van der Waals surface area contributed by atoms with Crippen molar-refractivity contribution >= 4 is 11.9 Å². The second kappa shape index (κ2) is 5.67. The van der Waals surface area contributed by atoms with Gasteiger partial charge in [0.25, 0.3) is 5.91 Å². The fraction of sp³-hybridized carbons (Fsp3) is 0.429. The number of carbonyl (C=O) groups is 2. The summed E-state index contributed by atoms with van der Waals surface area (Å²) in [6.07, 6.45) is 0.833. The number of benzene rings is 1. The molecule has 1 heterocycles. The summed E-state index contributed by atoms with van der Waals surface area (Å²) in [4.78, 5) is 23.5. The van der Waals surface area contributed by atoms with Crippen molar-refractivity contribution in [3.05, 3.63) is 35.9 Å². The highest BCUT2D eigenvalue weighted by molar-refractivity contribution is 5.86. The molecule has 2 unspecified atom stereocenters. The molecule has 4 nitrogen and oxygen atoms in total. The van der Waals surface area contributed by atoms with Gasteiger partial charge in [0.2, 0.25) is 0 Å². The Morgan fingerprint density at radius 3 is 2.78 bits per heavy atom. The van der Waals surface area contributed by atoms with Crippen LogP contribution in [0, 0.1) is 0 Å². The SMILES string of the molecule is CC(C(=O)OC1CCCNC1=O)c1ccccc1. The van der Waals surface area contributed by atoms with Gasteiger partial charge in [-0.25, -0.2) is 0 Å². The van der Waals surface area contributed by atoms with E-state index in [2.05, 4.69) is 5.32 Å². The topological polar surface area (TPSA) is 55.4 Å². The molecule has 4 heteroatoms. The molecule has 0 bridgehead atoms. The minimum absolute atomic E-state index is 0.185.